The van der Waals surface area contributed by atoms with Gasteiger partial charge in [0.2, 0.25) is 0 Å². The molecule has 0 saturated carbocycles. The maximum atomic E-state index is 6.26. The van der Waals surface area contributed by atoms with Crippen molar-refractivity contribution in [2.24, 2.45) is 0 Å². The van der Waals surface area contributed by atoms with Gasteiger partial charge in [-0.05, 0) is 44.0 Å². The van der Waals surface area contributed by atoms with Crippen LogP contribution in [-0.2, 0) is 6.61 Å². The van der Waals surface area contributed by atoms with E-state index >= 15 is 0 Å². The maximum absolute atomic E-state index is 6.26. The molecule has 2 aliphatic heterocycles. The lowest BCUT2D eigenvalue weighted by molar-refractivity contribution is 0.302. The molecule has 4 rings (SSSR count). The average Bonchev–Trinajstić information content (AvgIpc) is 2.48. The highest BCUT2D eigenvalue weighted by atomic mass is 35.5. The van der Waals surface area contributed by atoms with Gasteiger partial charge in [-0.2, -0.15) is 0 Å². The van der Waals surface area contributed by atoms with Crippen molar-refractivity contribution >= 4 is 23.4 Å². The van der Waals surface area contributed by atoms with Crippen LogP contribution in [0.1, 0.15) is 31.9 Å². The predicted molar refractivity (Wildman–Crippen MR) is 92.6 cm³/mol. The maximum Gasteiger partial charge on any atom is 0.146 e. The molecule has 22 heavy (non-hydrogen) atoms. The standard InChI is InChI=1S/C19H18ClNO/c1-11-9-14-15-10-22-18-13(5-4-6-16(18)20)12(15)7-8-17(14)21-19(11,2)3/h4-9,21H,10H2,1-3H3. The van der Waals surface area contributed by atoms with Crippen LogP contribution in [0.4, 0.5) is 5.69 Å². The Labute approximate surface area is 135 Å². The van der Waals surface area contributed by atoms with Crippen molar-refractivity contribution in [3.63, 3.8) is 0 Å². The second kappa shape index (κ2) is 4.53. The van der Waals surface area contributed by atoms with Gasteiger partial charge in [0.1, 0.15) is 12.4 Å². The van der Waals surface area contributed by atoms with Crippen molar-refractivity contribution in [2.45, 2.75) is 32.9 Å². The Hall–Kier alpha value is -1.93. The SMILES string of the molecule is CC1=Cc2c(ccc3c2COc2c(Cl)cccc2-3)NC1(C)C. The normalized spacial score (nSPS) is 17.4. The number of nitrogens with one attached hydrogen (secondary N) is 1. The van der Waals surface area contributed by atoms with Crippen molar-refractivity contribution in [2.75, 3.05) is 5.32 Å². The summed E-state index contributed by atoms with van der Waals surface area (Å²) in [6.45, 7) is 7.13. The van der Waals surface area contributed by atoms with Crippen LogP contribution in [0.15, 0.2) is 35.9 Å². The lowest BCUT2D eigenvalue weighted by Gasteiger charge is -2.35. The highest BCUT2D eigenvalue weighted by molar-refractivity contribution is 6.32. The summed E-state index contributed by atoms with van der Waals surface area (Å²) in [6.07, 6.45) is 2.28. The lowest BCUT2D eigenvalue weighted by Crippen LogP contribution is -2.35. The minimum absolute atomic E-state index is 0.0159. The van der Waals surface area contributed by atoms with E-state index in [-0.39, 0.29) is 5.54 Å². The molecule has 0 saturated heterocycles. The van der Waals surface area contributed by atoms with Gasteiger partial charge in [-0.3, -0.25) is 0 Å². The Bertz CT molecular complexity index is 820. The molecule has 0 amide bonds. The van der Waals surface area contributed by atoms with Crippen molar-refractivity contribution < 1.29 is 4.74 Å². The Balaban J connectivity index is 1.95. The number of rotatable bonds is 0. The summed E-state index contributed by atoms with van der Waals surface area (Å²) in [5.74, 6) is 0.793. The summed E-state index contributed by atoms with van der Waals surface area (Å²) in [5.41, 5.74) is 7.24. The van der Waals surface area contributed by atoms with Crippen LogP contribution >= 0.6 is 11.6 Å². The molecule has 0 aliphatic carbocycles. The zero-order valence-corrected chi connectivity index (χ0v) is 13.7. The third-order valence-corrected chi connectivity index (χ3v) is 5.07. The quantitative estimate of drug-likeness (QED) is 0.693. The molecule has 2 heterocycles. The Morgan fingerprint density at radius 1 is 1.14 bits per heavy atom. The van der Waals surface area contributed by atoms with E-state index in [1.165, 1.54) is 28.0 Å². The minimum atomic E-state index is -0.0159. The van der Waals surface area contributed by atoms with Gasteiger partial charge < -0.3 is 10.1 Å². The van der Waals surface area contributed by atoms with Crippen molar-refractivity contribution in [1.82, 2.24) is 0 Å². The Morgan fingerprint density at radius 3 is 2.77 bits per heavy atom. The molecule has 2 aliphatic rings. The highest BCUT2D eigenvalue weighted by Crippen LogP contribution is 2.46. The molecular formula is C19H18ClNO. The molecule has 0 aromatic heterocycles. The van der Waals surface area contributed by atoms with E-state index in [4.69, 9.17) is 16.3 Å². The van der Waals surface area contributed by atoms with Crippen LogP contribution in [-0.4, -0.2) is 5.54 Å². The largest absolute Gasteiger partial charge is 0.487 e. The zero-order valence-electron chi connectivity index (χ0n) is 13.0. The molecule has 0 unspecified atom stereocenters. The average molecular weight is 312 g/mol. The number of hydrogen-bond donors (Lipinski definition) is 1. The Kier molecular flexibility index (Phi) is 2.82. The van der Waals surface area contributed by atoms with Crippen LogP contribution in [0.5, 0.6) is 5.75 Å². The summed E-state index contributed by atoms with van der Waals surface area (Å²) in [4.78, 5) is 0. The highest BCUT2D eigenvalue weighted by Gasteiger charge is 2.29. The molecule has 2 aromatic carbocycles. The predicted octanol–water partition coefficient (Wildman–Crippen LogP) is 5.51. The fraction of sp³-hybridized carbons (Fsp3) is 0.263. The number of anilines is 1. The molecule has 0 fully saturated rings. The van der Waals surface area contributed by atoms with Gasteiger partial charge in [0.05, 0.1) is 10.6 Å². The van der Waals surface area contributed by atoms with Crippen molar-refractivity contribution in [3.8, 4) is 16.9 Å². The summed E-state index contributed by atoms with van der Waals surface area (Å²) in [5, 5.41) is 4.29. The van der Waals surface area contributed by atoms with Gasteiger partial charge in [-0.1, -0.05) is 35.9 Å². The third-order valence-electron chi connectivity index (χ3n) is 4.77. The van der Waals surface area contributed by atoms with Gasteiger partial charge >= 0.3 is 0 Å². The van der Waals surface area contributed by atoms with E-state index in [1.807, 2.05) is 12.1 Å². The first kappa shape index (κ1) is 13.7. The molecule has 112 valence electrons. The van der Waals surface area contributed by atoms with E-state index < -0.39 is 0 Å². The molecule has 0 bridgehead atoms. The molecular weight excluding hydrogens is 294 g/mol. The van der Waals surface area contributed by atoms with Gasteiger partial charge in [0.15, 0.2) is 0 Å². The molecule has 1 N–H and O–H groups in total. The molecule has 2 aromatic rings. The summed E-state index contributed by atoms with van der Waals surface area (Å²) >= 11 is 6.26. The van der Waals surface area contributed by atoms with Crippen molar-refractivity contribution in [1.29, 1.82) is 0 Å². The van der Waals surface area contributed by atoms with Crippen LogP contribution < -0.4 is 10.1 Å². The first-order valence-corrected chi connectivity index (χ1v) is 7.90. The van der Waals surface area contributed by atoms with Crippen LogP contribution in [0.25, 0.3) is 17.2 Å². The monoisotopic (exact) mass is 311 g/mol. The van der Waals surface area contributed by atoms with Crippen LogP contribution in [0.3, 0.4) is 0 Å². The van der Waals surface area contributed by atoms with E-state index in [1.54, 1.807) is 0 Å². The number of para-hydroxylation sites is 1. The van der Waals surface area contributed by atoms with Gasteiger partial charge in [-0.25, -0.2) is 0 Å². The second-order valence-corrected chi connectivity index (χ2v) is 6.94. The van der Waals surface area contributed by atoms with E-state index in [2.05, 4.69) is 50.4 Å². The minimum Gasteiger partial charge on any atom is -0.487 e. The van der Waals surface area contributed by atoms with E-state index in [0.717, 1.165) is 11.3 Å². The fourth-order valence-electron chi connectivity index (χ4n) is 3.19. The molecule has 3 heteroatoms. The first-order valence-electron chi connectivity index (χ1n) is 7.52. The summed E-state index contributed by atoms with van der Waals surface area (Å²) < 4.78 is 5.95. The molecule has 2 nitrogen and oxygen atoms in total. The summed E-state index contributed by atoms with van der Waals surface area (Å²) in [7, 11) is 0. The van der Waals surface area contributed by atoms with E-state index in [9.17, 15) is 0 Å². The second-order valence-electron chi connectivity index (χ2n) is 6.54. The van der Waals surface area contributed by atoms with Crippen molar-refractivity contribution in [3.05, 3.63) is 52.1 Å². The van der Waals surface area contributed by atoms with Gasteiger partial charge in [-0.15, -0.1) is 0 Å². The number of ether oxygens (including phenoxy) is 1. The smallest absolute Gasteiger partial charge is 0.146 e. The summed E-state index contributed by atoms with van der Waals surface area (Å²) in [6, 6.07) is 10.3. The molecule has 0 atom stereocenters. The number of fused-ring (bicyclic) bond motifs is 5. The topological polar surface area (TPSA) is 21.3 Å². The molecule has 0 radical (unpaired) electrons. The van der Waals surface area contributed by atoms with Gasteiger partial charge in [0, 0.05) is 22.4 Å². The third kappa shape index (κ3) is 1.87. The first-order chi connectivity index (χ1) is 10.5. The molecule has 0 spiro atoms. The van der Waals surface area contributed by atoms with Gasteiger partial charge in [0.25, 0.3) is 0 Å². The van der Waals surface area contributed by atoms with Crippen LogP contribution in [0.2, 0.25) is 5.02 Å². The number of benzene rings is 2. The lowest BCUT2D eigenvalue weighted by atomic mass is 9.84. The van der Waals surface area contributed by atoms with Crippen LogP contribution in [0, 0.1) is 0 Å². The zero-order chi connectivity index (χ0) is 15.5. The number of hydrogen-bond acceptors (Lipinski definition) is 2. The number of halogens is 1. The van der Waals surface area contributed by atoms with E-state index in [0.29, 0.717) is 11.6 Å². The fourth-order valence-corrected chi connectivity index (χ4v) is 3.42. The Morgan fingerprint density at radius 2 is 1.95 bits per heavy atom.